The van der Waals surface area contributed by atoms with Crippen molar-refractivity contribution in [1.82, 2.24) is 4.98 Å². The number of anilines is 1. The van der Waals surface area contributed by atoms with Crippen LogP contribution in [0, 0.1) is 17.0 Å². The van der Waals surface area contributed by atoms with Crippen molar-refractivity contribution in [2.45, 2.75) is 6.92 Å². The minimum Gasteiger partial charge on any atom is -0.321 e. The number of rotatable bonds is 4. The maximum absolute atomic E-state index is 13.2. The first kappa shape index (κ1) is 19.5. The fourth-order valence-electron chi connectivity index (χ4n) is 3.31. The van der Waals surface area contributed by atoms with Crippen LogP contribution in [0.1, 0.15) is 15.9 Å². The summed E-state index contributed by atoms with van der Waals surface area (Å²) in [7, 11) is 0. The number of nitrogens with zero attached hydrogens (tertiary/aromatic N) is 2. The molecule has 0 spiro atoms. The molecule has 0 aliphatic carbocycles. The fraction of sp³-hybridized carbons (Fsp3) is 0.0435. The van der Waals surface area contributed by atoms with E-state index in [1.165, 1.54) is 6.07 Å². The Balaban J connectivity index is 1.81. The summed E-state index contributed by atoms with van der Waals surface area (Å²) in [5, 5.41) is 15.3. The Morgan fingerprint density at radius 2 is 1.80 bits per heavy atom. The molecule has 1 heterocycles. The molecule has 0 atom stereocenters. The van der Waals surface area contributed by atoms with E-state index in [1.807, 2.05) is 36.4 Å². The number of para-hydroxylation sites is 1. The Kier molecular flexibility index (Phi) is 5.16. The predicted molar refractivity (Wildman–Crippen MR) is 118 cm³/mol. The molecule has 0 radical (unpaired) electrons. The van der Waals surface area contributed by atoms with Crippen molar-refractivity contribution in [3.05, 3.63) is 99.1 Å². The molecule has 3 aromatic carbocycles. The van der Waals surface area contributed by atoms with Crippen molar-refractivity contribution in [3.63, 3.8) is 0 Å². The molecule has 4 rings (SSSR count). The smallest absolute Gasteiger partial charge is 0.274 e. The number of pyridine rings is 1. The summed E-state index contributed by atoms with van der Waals surface area (Å²) in [6, 6.07) is 20.9. The first-order chi connectivity index (χ1) is 14.4. The third-order valence-electron chi connectivity index (χ3n) is 4.83. The topological polar surface area (TPSA) is 85.1 Å². The second-order valence-corrected chi connectivity index (χ2v) is 7.18. The number of carbonyl (C=O) groups excluding carboxylic acids is 1. The molecule has 0 saturated carbocycles. The second-order valence-electron chi connectivity index (χ2n) is 6.74. The van der Waals surface area contributed by atoms with Crippen LogP contribution in [0.5, 0.6) is 0 Å². The highest BCUT2D eigenvalue weighted by Crippen LogP contribution is 2.29. The van der Waals surface area contributed by atoms with Gasteiger partial charge in [0.1, 0.15) is 0 Å². The zero-order valence-electron chi connectivity index (χ0n) is 15.9. The van der Waals surface area contributed by atoms with Crippen LogP contribution in [-0.2, 0) is 0 Å². The van der Waals surface area contributed by atoms with Gasteiger partial charge in [-0.1, -0.05) is 48.0 Å². The third-order valence-corrected chi connectivity index (χ3v) is 5.07. The number of halogens is 1. The lowest BCUT2D eigenvalue weighted by atomic mass is 10.0. The van der Waals surface area contributed by atoms with Gasteiger partial charge in [0.25, 0.3) is 11.6 Å². The maximum Gasteiger partial charge on any atom is 0.274 e. The van der Waals surface area contributed by atoms with Crippen LogP contribution in [0.2, 0.25) is 5.02 Å². The van der Waals surface area contributed by atoms with Gasteiger partial charge in [0.2, 0.25) is 0 Å². The van der Waals surface area contributed by atoms with Crippen LogP contribution in [0.3, 0.4) is 0 Å². The Labute approximate surface area is 177 Å². The first-order valence-corrected chi connectivity index (χ1v) is 9.53. The summed E-state index contributed by atoms with van der Waals surface area (Å²) in [5.74, 6) is -0.375. The number of aromatic nitrogens is 1. The normalized spacial score (nSPS) is 10.7. The van der Waals surface area contributed by atoms with E-state index >= 15 is 0 Å². The standard InChI is InChI=1S/C23H16ClN3O3/c1-14-19(10-5-11-22(14)27(29)30)26-23(28)18-13-21(15-6-4-7-16(24)12-15)25-20-9-3-2-8-17(18)20/h2-13H,1H3,(H,26,28). The fourth-order valence-corrected chi connectivity index (χ4v) is 3.50. The van der Waals surface area contributed by atoms with Crippen LogP contribution in [0.15, 0.2) is 72.8 Å². The quantitative estimate of drug-likeness (QED) is 0.324. The number of hydrogen-bond acceptors (Lipinski definition) is 4. The molecule has 0 aliphatic heterocycles. The van der Waals surface area contributed by atoms with Gasteiger partial charge in [-0.25, -0.2) is 4.98 Å². The van der Waals surface area contributed by atoms with Gasteiger partial charge in [-0.05, 0) is 37.3 Å². The molecular weight excluding hydrogens is 402 g/mol. The lowest BCUT2D eigenvalue weighted by Crippen LogP contribution is -2.14. The van der Waals surface area contributed by atoms with E-state index in [-0.39, 0.29) is 11.6 Å². The maximum atomic E-state index is 13.2. The molecule has 1 aromatic heterocycles. The molecular formula is C23H16ClN3O3. The van der Waals surface area contributed by atoms with Gasteiger partial charge >= 0.3 is 0 Å². The lowest BCUT2D eigenvalue weighted by molar-refractivity contribution is -0.385. The molecule has 1 N–H and O–H groups in total. The largest absolute Gasteiger partial charge is 0.321 e. The molecule has 0 aliphatic rings. The van der Waals surface area contributed by atoms with E-state index in [1.54, 1.807) is 37.3 Å². The first-order valence-electron chi connectivity index (χ1n) is 9.15. The number of nitrogens with one attached hydrogen (secondary N) is 1. The van der Waals surface area contributed by atoms with Crippen molar-refractivity contribution in [1.29, 1.82) is 0 Å². The molecule has 0 saturated heterocycles. The van der Waals surface area contributed by atoms with Crippen LogP contribution >= 0.6 is 11.6 Å². The Hall–Kier alpha value is -3.77. The molecule has 4 aromatic rings. The second kappa shape index (κ2) is 7.93. The molecule has 1 amide bonds. The van der Waals surface area contributed by atoms with Crippen LogP contribution < -0.4 is 5.32 Å². The summed E-state index contributed by atoms with van der Waals surface area (Å²) in [4.78, 5) is 28.6. The average Bonchev–Trinajstić information content (AvgIpc) is 2.74. The minimum atomic E-state index is -0.468. The van der Waals surface area contributed by atoms with Crippen molar-refractivity contribution in [2.75, 3.05) is 5.32 Å². The van der Waals surface area contributed by atoms with Gasteiger partial charge in [-0.15, -0.1) is 0 Å². The number of fused-ring (bicyclic) bond motifs is 1. The number of hydrogen-bond donors (Lipinski definition) is 1. The summed E-state index contributed by atoms with van der Waals surface area (Å²) >= 11 is 6.12. The van der Waals surface area contributed by atoms with Crippen molar-refractivity contribution in [2.24, 2.45) is 0 Å². The van der Waals surface area contributed by atoms with Crippen molar-refractivity contribution < 1.29 is 9.72 Å². The van der Waals surface area contributed by atoms with Gasteiger partial charge in [0.05, 0.1) is 32.9 Å². The van der Waals surface area contributed by atoms with E-state index in [0.29, 0.717) is 38.4 Å². The SMILES string of the molecule is Cc1c(NC(=O)c2cc(-c3cccc(Cl)c3)nc3ccccc23)cccc1[N+](=O)[O-]. The highest BCUT2D eigenvalue weighted by Gasteiger charge is 2.18. The minimum absolute atomic E-state index is 0.0491. The van der Waals surface area contributed by atoms with Gasteiger partial charge in [-0.3, -0.25) is 14.9 Å². The van der Waals surface area contributed by atoms with Crippen LogP contribution in [-0.4, -0.2) is 15.8 Å². The lowest BCUT2D eigenvalue weighted by Gasteiger charge is -2.12. The van der Waals surface area contributed by atoms with Crippen molar-refractivity contribution in [3.8, 4) is 11.3 Å². The van der Waals surface area contributed by atoms with E-state index < -0.39 is 4.92 Å². The number of amides is 1. The molecule has 148 valence electrons. The zero-order chi connectivity index (χ0) is 21.3. The number of nitro groups is 1. The van der Waals surface area contributed by atoms with Crippen LogP contribution in [0.4, 0.5) is 11.4 Å². The molecule has 6 nitrogen and oxygen atoms in total. The summed E-state index contributed by atoms with van der Waals surface area (Å²) in [6.07, 6.45) is 0. The molecule has 0 bridgehead atoms. The highest BCUT2D eigenvalue weighted by atomic mass is 35.5. The van der Waals surface area contributed by atoms with E-state index in [2.05, 4.69) is 10.3 Å². The Morgan fingerprint density at radius 3 is 2.57 bits per heavy atom. The molecule has 7 heteroatoms. The Bertz CT molecular complexity index is 1300. The van der Waals surface area contributed by atoms with Crippen LogP contribution in [0.25, 0.3) is 22.2 Å². The van der Waals surface area contributed by atoms with Gasteiger partial charge < -0.3 is 5.32 Å². The number of nitro benzene ring substituents is 1. The summed E-state index contributed by atoms with van der Waals surface area (Å²) in [6.45, 7) is 1.61. The predicted octanol–water partition coefficient (Wildman–Crippen LogP) is 6.02. The zero-order valence-corrected chi connectivity index (χ0v) is 16.7. The molecule has 0 unspecified atom stereocenters. The number of benzene rings is 3. The molecule has 30 heavy (non-hydrogen) atoms. The summed E-state index contributed by atoms with van der Waals surface area (Å²) < 4.78 is 0. The third kappa shape index (κ3) is 3.73. The Morgan fingerprint density at radius 1 is 1.03 bits per heavy atom. The van der Waals surface area contributed by atoms with E-state index in [0.717, 1.165) is 5.56 Å². The van der Waals surface area contributed by atoms with Gasteiger partial charge in [0, 0.05) is 22.0 Å². The highest BCUT2D eigenvalue weighted by molar-refractivity contribution is 6.30. The van der Waals surface area contributed by atoms with Crippen molar-refractivity contribution >= 4 is 39.8 Å². The van der Waals surface area contributed by atoms with E-state index in [4.69, 9.17) is 11.6 Å². The van der Waals surface area contributed by atoms with E-state index in [9.17, 15) is 14.9 Å². The van der Waals surface area contributed by atoms with Gasteiger partial charge in [0.15, 0.2) is 0 Å². The average molecular weight is 418 g/mol. The van der Waals surface area contributed by atoms with Gasteiger partial charge in [-0.2, -0.15) is 0 Å². The number of carbonyl (C=O) groups is 1. The monoisotopic (exact) mass is 417 g/mol. The summed E-state index contributed by atoms with van der Waals surface area (Å²) in [5.41, 5.74) is 3.21. The molecule has 0 fully saturated rings.